The second kappa shape index (κ2) is 6.79. The van der Waals surface area contributed by atoms with E-state index in [0.717, 1.165) is 18.6 Å². The Morgan fingerprint density at radius 2 is 1.91 bits per heavy atom. The molecule has 0 N–H and O–H groups in total. The molecule has 0 spiro atoms. The Balaban J connectivity index is 1.98. The summed E-state index contributed by atoms with van der Waals surface area (Å²) in [4.78, 5) is 0. The van der Waals surface area contributed by atoms with Crippen molar-refractivity contribution < 1.29 is 17.9 Å². The minimum Gasteiger partial charge on any atom is -0.497 e. The van der Waals surface area contributed by atoms with Crippen molar-refractivity contribution in [3.63, 3.8) is 0 Å². The third-order valence-electron chi connectivity index (χ3n) is 4.71. The average molecular weight is 341 g/mol. The van der Waals surface area contributed by atoms with E-state index in [9.17, 15) is 8.42 Å². The first-order valence-electron chi connectivity index (χ1n) is 7.83. The third-order valence-corrected chi connectivity index (χ3v) is 6.95. The summed E-state index contributed by atoms with van der Waals surface area (Å²) in [6, 6.07) is 8.06. The molecule has 0 atom stereocenters. The van der Waals surface area contributed by atoms with Crippen LogP contribution in [0.15, 0.2) is 24.3 Å². The molecular formula is C17H27NO4S. The summed E-state index contributed by atoms with van der Waals surface area (Å²) in [7, 11) is 1.54. The summed E-state index contributed by atoms with van der Waals surface area (Å²) in [5.74, 6) is 1.23. The largest absolute Gasteiger partial charge is 0.497 e. The van der Waals surface area contributed by atoms with Gasteiger partial charge in [-0.25, -0.2) is 12.7 Å². The van der Waals surface area contributed by atoms with Crippen LogP contribution in [0.1, 0.15) is 38.2 Å². The zero-order chi connectivity index (χ0) is 17.3. The first kappa shape index (κ1) is 18.2. The van der Waals surface area contributed by atoms with E-state index >= 15 is 0 Å². The highest BCUT2D eigenvalue weighted by molar-refractivity contribution is 7.89. The van der Waals surface area contributed by atoms with Crippen LogP contribution in [0.3, 0.4) is 0 Å². The molecule has 0 unspecified atom stereocenters. The SMILES string of the molecule is COc1cccc(C2CC(N(C)S(=O)(=O)CC(C)(C)OC)C2)c1. The number of benzene rings is 1. The predicted molar refractivity (Wildman–Crippen MR) is 91.4 cm³/mol. The molecule has 0 saturated heterocycles. The summed E-state index contributed by atoms with van der Waals surface area (Å²) in [5.41, 5.74) is 0.534. The van der Waals surface area contributed by atoms with Crippen LogP contribution in [0, 0.1) is 0 Å². The van der Waals surface area contributed by atoms with Gasteiger partial charge in [0.05, 0.1) is 18.5 Å². The van der Waals surface area contributed by atoms with Gasteiger partial charge < -0.3 is 9.47 Å². The lowest BCUT2D eigenvalue weighted by Crippen LogP contribution is -2.48. The number of methoxy groups -OCH3 is 2. The highest BCUT2D eigenvalue weighted by Gasteiger charge is 2.39. The molecule has 0 heterocycles. The standard InChI is InChI=1S/C17H27NO4S/c1-17(2,22-5)12-23(19,20)18(3)15-9-14(10-15)13-7-6-8-16(11-13)21-4/h6-8,11,14-15H,9-10,12H2,1-5H3. The number of hydrogen-bond donors (Lipinski definition) is 0. The molecule has 5 nitrogen and oxygen atoms in total. The van der Waals surface area contributed by atoms with Crippen molar-refractivity contribution in [2.24, 2.45) is 0 Å². The lowest BCUT2D eigenvalue weighted by Gasteiger charge is -2.41. The monoisotopic (exact) mass is 341 g/mol. The highest BCUT2D eigenvalue weighted by atomic mass is 32.2. The van der Waals surface area contributed by atoms with Gasteiger partial charge in [-0.15, -0.1) is 0 Å². The molecule has 0 radical (unpaired) electrons. The summed E-state index contributed by atoms with van der Waals surface area (Å²) < 4.78 is 37.0. The van der Waals surface area contributed by atoms with Crippen LogP contribution in [0.25, 0.3) is 0 Å². The normalized spacial score (nSPS) is 22.0. The molecule has 1 aliphatic carbocycles. The molecule has 2 rings (SSSR count). The molecule has 130 valence electrons. The highest BCUT2D eigenvalue weighted by Crippen LogP contribution is 2.41. The Morgan fingerprint density at radius 3 is 2.48 bits per heavy atom. The van der Waals surface area contributed by atoms with Gasteiger partial charge in [0.2, 0.25) is 10.0 Å². The summed E-state index contributed by atoms with van der Waals surface area (Å²) in [6.07, 6.45) is 1.69. The Bertz CT molecular complexity index is 636. The quantitative estimate of drug-likeness (QED) is 0.765. The van der Waals surface area contributed by atoms with Gasteiger partial charge in [0, 0.05) is 20.2 Å². The van der Waals surface area contributed by atoms with Crippen LogP contribution in [-0.2, 0) is 14.8 Å². The van der Waals surface area contributed by atoms with E-state index in [1.54, 1.807) is 28.0 Å². The van der Waals surface area contributed by atoms with Gasteiger partial charge >= 0.3 is 0 Å². The van der Waals surface area contributed by atoms with Crippen LogP contribution in [0.4, 0.5) is 0 Å². The molecule has 1 aliphatic rings. The van der Waals surface area contributed by atoms with E-state index in [0.29, 0.717) is 5.92 Å². The Labute approximate surface area is 139 Å². The molecule has 1 fully saturated rings. The number of hydrogen-bond acceptors (Lipinski definition) is 4. The molecule has 6 heteroatoms. The third kappa shape index (κ3) is 4.25. The summed E-state index contributed by atoms with van der Waals surface area (Å²) in [6.45, 7) is 3.58. The maximum Gasteiger partial charge on any atom is 0.216 e. The van der Waals surface area contributed by atoms with E-state index < -0.39 is 15.6 Å². The maximum absolute atomic E-state index is 12.5. The van der Waals surface area contributed by atoms with E-state index in [4.69, 9.17) is 9.47 Å². The summed E-state index contributed by atoms with van der Waals surface area (Å²) in [5, 5.41) is 0. The van der Waals surface area contributed by atoms with Crippen LogP contribution >= 0.6 is 0 Å². The Morgan fingerprint density at radius 1 is 1.26 bits per heavy atom. The second-order valence-corrected chi connectivity index (χ2v) is 8.86. The fourth-order valence-corrected chi connectivity index (χ4v) is 4.71. The molecular weight excluding hydrogens is 314 g/mol. The van der Waals surface area contributed by atoms with Gasteiger partial charge in [-0.05, 0) is 50.3 Å². The van der Waals surface area contributed by atoms with Crippen molar-refractivity contribution in [2.75, 3.05) is 27.0 Å². The molecule has 23 heavy (non-hydrogen) atoms. The van der Waals surface area contributed by atoms with Crippen molar-refractivity contribution >= 4 is 10.0 Å². The predicted octanol–water partition coefficient (Wildman–Crippen LogP) is 2.63. The van der Waals surface area contributed by atoms with Gasteiger partial charge in [0.1, 0.15) is 5.75 Å². The molecule has 1 aromatic rings. The lowest BCUT2D eigenvalue weighted by atomic mass is 9.76. The van der Waals surface area contributed by atoms with Crippen molar-refractivity contribution in [2.45, 2.75) is 44.2 Å². The van der Waals surface area contributed by atoms with Crippen LogP contribution < -0.4 is 4.74 Å². The van der Waals surface area contributed by atoms with Gasteiger partial charge in [-0.3, -0.25) is 0 Å². The molecule has 1 saturated carbocycles. The molecule has 0 aliphatic heterocycles. The first-order valence-corrected chi connectivity index (χ1v) is 9.44. The topological polar surface area (TPSA) is 55.8 Å². The fraction of sp³-hybridized carbons (Fsp3) is 0.647. The second-order valence-electron chi connectivity index (χ2n) is 6.84. The number of rotatable bonds is 7. The number of sulfonamides is 1. The smallest absolute Gasteiger partial charge is 0.216 e. The molecule has 0 bridgehead atoms. The van der Waals surface area contributed by atoms with Gasteiger partial charge in [-0.1, -0.05) is 12.1 Å². The fourth-order valence-electron chi connectivity index (χ4n) is 2.88. The minimum absolute atomic E-state index is 0.00662. The van der Waals surface area contributed by atoms with Gasteiger partial charge in [-0.2, -0.15) is 0 Å². The van der Waals surface area contributed by atoms with E-state index in [-0.39, 0.29) is 11.8 Å². The molecule has 0 amide bonds. The van der Waals surface area contributed by atoms with Crippen molar-refractivity contribution in [3.05, 3.63) is 29.8 Å². The van der Waals surface area contributed by atoms with Crippen LogP contribution in [0.2, 0.25) is 0 Å². The van der Waals surface area contributed by atoms with E-state index in [1.165, 1.54) is 17.0 Å². The number of ether oxygens (including phenoxy) is 2. The Hall–Kier alpha value is -1.11. The minimum atomic E-state index is -3.32. The van der Waals surface area contributed by atoms with Gasteiger partial charge in [0.25, 0.3) is 0 Å². The Kier molecular flexibility index (Phi) is 5.38. The number of nitrogens with zero attached hydrogens (tertiary/aromatic N) is 1. The molecule has 0 aromatic heterocycles. The van der Waals surface area contributed by atoms with E-state index in [2.05, 4.69) is 6.07 Å². The van der Waals surface area contributed by atoms with Crippen molar-refractivity contribution in [1.29, 1.82) is 0 Å². The zero-order valence-electron chi connectivity index (χ0n) is 14.6. The van der Waals surface area contributed by atoms with Crippen LogP contribution in [0.5, 0.6) is 5.75 Å². The molecule has 1 aromatic carbocycles. The zero-order valence-corrected chi connectivity index (χ0v) is 15.4. The van der Waals surface area contributed by atoms with Gasteiger partial charge in [0.15, 0.2) is 0 Å². The maximum atomic E-state index is 12.5. The van der Waals surface area contributed by atoms with Crippen molar-refractivity contribution in [3.8, 4) is 5.75 Å². The van der Waals surface area contributed by atoms with Crippen molar-refractivity contribution in [1.82, 2.24) is 4.31 Å². The van der Waals surface area contributed by atoms with Crippen LogP contribution in [-0.4, -0.2) is 51.4 Å². The lowest BCUT2D eigenvalue weighted by molar-refractivity contribution is 0.0411. The summed E-state index contributed by atoms with van der Waals surface area (Å²) >= 11 is 0. The first-order chi connectivity index (χ1) is 10.7. The average Bonchev–Trinajstić information content (AvgIpc) is 2.45. The van der Waals surface area contributed by atoms with E-state index in [1.807, 2.05) is 18.2 Å².